The van der Waals surface area contributed by atoms with E-state index in [0.717, 1.165) is 5.57 Å². The van der Waals surface area contributed by atoms with E-state index >= 15 is 0 Å². The minimum absolute atomic E-state index is 0. The van der Waals surface area contributed by atoms with Crippen LogP contribution in [-0.2, 0) is 9.59 Å². The molecule has 0 saturated carbocycles. The standard InChI is InChI=1S/C9H17O.C6H9O.Ac/c1-6-8(10)9(4,5)7(2)3;1-5(2)6(3)4-7;/h7H,1,6H2,2-5H3;1-3H3;/q2*-1;. The zero-order valence-electron chi connectivity index (χ0n) is 12.9. The summed E-state index contributed by atoms with van der Waals surface area (Å²) in [4.78, 5) is 21.0. The zero-order chi connectivity index (χ0) is 14.2. The van der Waals surface area contributed by atoms with Crippen molar-refractivity contribution in [2.24, 2.45) is 11.3 Å². The zero-order valence-corrected chi connectivity index (χ0v) is 17.6. The van der Waals surface area contributed by atoms with E-state index in [-0.39, 0.29) is 55.3 Å². The minimum atomic E-state index is -0.193. The fourth-order valence-corrected chi connectivity index (χ4v) is 0.746. The van der Waals surface area contributed by atoms with Crippen LogP contribution in [0.3, 0.4) is 0 Å². The summed E-state index contributed by atoms with van der Waals surface area (Å²) in [5, 5.41) is 0. The molecule has 0 fully saturated rings. The van der Waals surface area contributed by atoms with Crippen molar-refractivity contribution in [2.45, 2.75) is 54.9 Å². The van der Waals surface area contributed by atoms with E-state index in [0.29, 0.717) is 17.9 Å². The summed E-state index contributed by atoms with van der Waals surface area (Å²) in [7, 11) is 0. The number of ketones is 1. The van der Waals surface area contributed by atoms with Gasteiger partial charge in [0.2, 0.25) is 0 Å². The molecule has 0 rings (SSSR count). The molecule has 0 aliphatic carbocycles. The van der Waals surface area contributed by atoms with Crippen molar-refractivity contribution in [2.75, 3.05) is 0 Å². The molecule has 0 atom stereocenters. The first-order valence-electron chi connectivity index (χ1n) is 5.96. The number of hydrogen-bond acceptors (Lipinski definition) is 2. The van der Waals surface area contributed by atoms with Crippen molar-refractivity contribution in [1.82, 2.24) is 0 Å². The van der Waals surface area contributed by atoms with Crippen molar-refractivity contribution >= 4 is 12.1 Å². The molecule has 0 aliphatic heterocycles. The van der Waals surface area contributed by atoms with E-state index in [1.807, 2.05) is 27.7 Å². The summed E-state index contributed by atoms with van der Waals surface area (Å²) in [6.45, 7) is 17.2. The Morgan fingerprint density at radius 1 is 1.22 bits per heavy atom. The summed E-state index contributed by atoms with van der Waals surface area (Å²) in [5.74, 6) is 0.657. The van der Waals surface area contributed by atoms with Crippen LogP contribution >= 0.6 is 0 Å². The van der Waals surface area contributed by atoms with E-state index in [2.05, 4.69) is 20.8 Å². The van der Waals surface area contributed by atoms with Gasteiger partial charge in [0.25, 0.3) is 0 Å². The van der Waals surface area contributed by atoms with E-state index in [9.17, 15) is 9.59 Å². The molecule has 0 heterocycles. The van der Waals surface area contributed by atoms with E-state index in [4.69, 9.17) is 0 Å². The molecule has 0 aromatic rings. The maximum Gasteiger partial charge on any atom is 0.109 e. The Balaban J connectivity index is -0.000000251. The van der Waals surface area contributed by atoms with E-state index in [1.165, 1.54) is 0 Å². The van der Waals surface area contributed by atoms with Crippen LogP contribution in [0.2, 0.25) is 0 Å². The SMILES string of the molecule is CC(C)=C(C)[C-]=O.[Ac].[CH2-]CC(=O)C(C)(C)C(C)C. The van der Waals surface area contributed by atoms with Crippen molar-refractivity contribution in [3.05, 3.63) is 18.1 Å². The van der Waals surface area contributed by atoms with Gasteiger partial charge in [-0.2, -0.15) is 5.57 Å². The topological polar surface area (TPSA) is 34.1 Å². The smallest absolute Gasteiger partial charge is 0.109 e. The summed E-state index contributed by atoms with van der Waals surface area (Å²) in [6, 6.07) is 0. The summed E-state index contributed by atoms with van der Waals surface area (Å²) in [6.07, 6.45) is 2.20. The first-order valence-corrected chi connectivity index (χ1v) is 5.96. The van der Waals surface area contributed by atoms with Gasteiger partial charge in [-0.3, -0.25) is 0 Å². The average molecular weight is 465 g/mol. The molecular formula is C15H26AcO2-2. The molecule has 103 valence electrons. The number of hydrogen-bond donors (Lipinski definition) is 0. The third kappa shape index (κ3) is 9.45. The minimum Gasteiger partial charge on any atom is -0.419 e. The Morgan fingerprint density at radius 3 is 1.67 bits per heavy atom. The van der Waals surface area contributed by atoms with Gasteiger partial charge < -0.3 is 16.5 Å². The Bertz CT molecular complexity index is 285. The van der Waals surface area contributed by atoms with Crippen LogP contribution in [0, 0.1) is 62.3 Å². The fraction of sp³-hybridized carbons (Fsp3) is 0.667. The number of allylic oxidation sites excluding steroid dienone is 2. The van der Waals surface area contributed by atoms with Gasteiger partial charge in [0.1, 0.15) is 5.78 Å². The van der Waals surface area contributed by atoms with Crippen molar-refractivity contribution in [3.8, 4) is 0 Å². The quantitative estimate of drug-likeness (QED) is 0.466. The normalized spacial score (nSPS) is 9.83. The number of carbonyl (C=O) groups is 1. The van der Waals surface area contributed by atoms with E-state index < -0.39 is 0 Å². The maximum atomic E-state index is 11.2. The first kappa shape index (κ1) is 23.6. The van der Waals surface area contributed by atoms with Crippen LogP contribution in [0.4, 0.5) is 0 Å². The van der Waals surface area contributed by atoms with Crippen LogP contribution in [-0.4, -0.2) is 12.1 Å². The van der Waals surface area contributed by atoms with E-state index in [1.54, 1.807) is 13.2 Å². The van der Waals surface area contributed by atoms with Crippen molar-refractivity contribution in [1.29, 1.82) is 0 Å². The van der Waals surface area contributed by atoms with Crippen LogP contribution < -0.4 is 0 Å². The number of Topliss-reactive ketones (excluding diaryl/α,β-unsaturated/α-hetero) is 1. The predicted molar refractivity (Wildman–Crippen MR) is 73.3 cm³/mol. The largest absolute Gasteiger partial charge is 0.419 e. The van der Waals surface area contributed by atoms with Gasteiger partial charge in [0.15, 0.2) is 0 Å². The monoisotopic (exact) mass is 465 g/mol. The average Bonchev–Trinajstić information content (AvgIpc) is 2.27. The van der Waals surface area contributed by atoms with Gasteiger partial charge in [-0.15, -0.1) is 20.3 Å². The molecule has 0 spiro atoms. The van der Waals surface area contributed by atoms with Gasteiger partial charge in [0.05, 0.1) is 0 Å². The van der Waals surface area contributed by atoms with Gasteiger partial charge in [0, 0.05) is 49.5 Å². The molecule has 1 radical (unpaired) electrons. The van der Waals surface area contributed by atoms with Gasteiger partial charge >= 0.3 is 0 Å². The van der Waals surface area contributed by atoms with Gasteiger partial charge in [-0.25, -0.2) is 5.57 Å². The Hall–Kier alpha value is 0.522. The van der Waals surface area contributed by atoms with Crippen LogP contribution in [0.25, 0.3) is 0 Å². The van der Waals surface area contributed by atoms with Crippen molar-refractivity contribution in [3.63, 3.8) is 0 Å². The molecule has 0 unspecified atom stereocenters. The third-order valence-electron chi connectivity index (χ3n) is 3.29. The molecule has 18 heavy (non-hydrogen) atoms. The molecule has 0 amide bonds. The molecule has 0 aromatic heterocycles. The summed E-state index contributed by atoms with van der Waals surface area (Å²) < 4.78 is 0. The van der Waals surface area contributed by atoms with Crippen LogP contribution in [0.15, 0.2) is 11.1 Å². The molecule has 0 aromatic carbocycles. The Labute approximate surface area is 149 Å². The second kappa shape index (κ2) is 11.4. The maximum absolute atomic E-state index is 11.2. The molecule has 0 aliphatic rings. The molecule has 0 saturated heterocycles. The third-order valence-corrected chi connectivity index (χ3v) is 3.29. The van der Waals surface area contributed by atoms with Gasteiger partial charge in [-0.1, -0.05) is 34.6 Å². The first-order chi connectivity index (χ1) is 7.61. The second-order valence-electron chi connectivity index (χ2n) is 5.28. The second-order valence-corrected chi connectivity index (χ2v) is 5.28. The Kier molecular flexibility index (Phi) is 14.9. The van der Waals surface area contributed by atoms with Crippen LogP contribution in [0.1, 0.15) is 54.9 Å². The van der Waals surface area contributed by atoms with Gasteiger partial charge in [-0.05, 0) is 12.2 Å². The molecule has 3 heteroatoms. The van der Waals surface area contributed by atoms with Crippen molar-refractivity contribution < 1.29 is 53.7 Å². The Morgan fingerprint density at radius 2 is 1.61 bits per heavy atom. The van der Waals surface area contributed by atoms with Crippen LogP contribution in [0.5, 0.6) is 0 Å². The summed E-state index contributed by atoms with van der Waals surface area (Å²) in [5.41, 5.74) is 1.55. The molecule has 0 N–H and O–H groups in total. The predicted octanol–water partition coefficient (Wildman–Crippen LogP) is 3.91. The molecular weight excluding hydrogens is 439 g/mol. The summed E-state index contributed by atoms with van der Waals surface area (Å²) >= 11 is 0. The molecule has 2 nitrogen and oxygen atoms in total. The number of carbonyl (C=O) groups excluding carboxylic acids is 2. The fourth-order valence-electron chi connectivity index (χ4n) is 0.746. The molecule has 0 bridgehead atoms. The number of rotatable bonds is 4.